The van der Waals surface area contributed by atoms with Crippen molar-refractivity contribution in [2.45, 2.75) is 59.0 Å². The highest BCUT2D eigenvalue weighted by Crippen LogP contribution is 2.28. The SMILES string of the molecule is Cc1ccc2c(C(=O)N3CCCCC3C)cc(-c3cnn(C(C)C)c3)nc2c1. The van der Waals surface area contributed by atoms with Crippen molar-refractivity contribution in [2.24, 2.45) is 0 Å². The number of hydrogen-bond donors (Lipinski definition) is 0. The van der Waals surface area contributed by atoms with Gasteiger partial charge in [-0.3, -0.25) is 9.48 Å². The zero-order chi connectivity index (χ0) is 19.8. The van der Waals surface area contributed by atoms with E-state index in [0.29, 0.717) is 0 Å². The Kier molecular flexibility index (Phi) is 4.92. The molecule has 1 amide bonds. The Morgan fingerprint density at radius 2 is 2.04 bits per heavy atom. The van der Waals surface area contributed by atoms with Gasteiger partial charge in [-0.05, 0) is 64.7 Å². The predicted octanol–water partition coefficient (Wildman–Crippen LogP) is 5.00. The van der Waals surface area contributed by atoms with E-state index >= 15 is 0 Å². The van der Waals surface area contributed by atoms with Gasteiger partial charge < -0.3 is 4.90 Å². The lowest BCUT2D eigenvalue weighted by Gasteiger charge is -2.33. The average molecular weight is 377 g/mol. The molecule has 5 heteroatoms. The van der Waals surface area contributed by atoms with Crippen molar-refractivity contribution in [3.8, 4) is 11.3 Å². The number of rotatable bonds is 3. The van der Waals surface area contributed by atoms with E-state index < -0.39 is 0 Å². The molecule has 1 unspecified atom stereocenters. The van der Waals surface area contributed by atoms with Gasteiger partial charge in [0.2, 0.25) is 0 Å². The quantitative estimate of drug-likeness (QED) is 0.646. The van der Waals surface area contributed by atoms with Crippen molar-refractivity contribution in [2.75, 3.05) is 6.54 Å². The van der Waals surface area contributed by atoms with E-state index in [1.165, 1.54) is 6.42 Å². The van der Waals surface area contributed by atoms with Crippen LogP contribution in [-0.4, -0.2) is 38.2 Å². The first-order chi connectivity index (χ1) is 13.4. The number of hydrogen-bond acceptors (Lipinski definition) is 3. The number of carbonyl (C=O) groups is 1. The summed E-state index contributed by atoms with van der Waals surface area (Å²) in [5, 5.41) is 5.37. The Morgan fingerprint density at radius 1 is 1.21 bits per heavy atom. The molecule has 1 atom stereocenters. The molecular weight excluding hydrogens is 348 g/mol. The summed E-state index contributed by atoms with van der Waals surface area (Å²) in [6.45, 7) is 9.23. The molecule has 0 radical (unpaired) electrons. The van der Waals surface area contributed by atoms with Crippen LogP contribution in [0.4, 0.5) is 0 Å². The predicted molar refractivity (Wildman–Crippen MR) is 112 cm³/mol. The minimum absolute atomic E-state index is 0.112. The summed E-state index contributed by atoms with van der Waals surface area (Å²) in [5.74, 6) is 0.112. The second-order valence-corrected chi connectivity index (χ2v) is 8.22. The van der Waals surface area contributed by atoms with Crippen molar-refractivity contribution in [3.63, 3.8) is 0 Å². The molecule has 1 saturated heterocycles. The largest absolute Gasteiger partial charge is 0.336 e. The van der Waals surface area contributed by atoms with Gasteiger partial charge in [0.1, 0.15) is 0 Å². The summed E-state index contributed by atoms with van der Waals surface area (Å²) >= 11 is 0. The highest BCUT2D eigenvalue weighted by Gasteiger charge is 2.26. The van der Waals surface area contributed by atoms with Gasteiger partial charge in [0.15, 0.2) is 0 Å². The molecule has 3 heterocycles. The second-order valence-electron chi connectivity index (χ2n) is 8.22. The molecule has 5 nitrogen and oxygen atoms in total. The fourth-order valence-electron chi connectivity index (χ4n) is 3.97. The molecule has 0 spiro atoms. The molecule has 28 heavy (non-hydrogen) atoms. The van der Waals surface area contributed by atoms with E-state index in [2.05, 4.69) is 44.9 Å². The average Bonchev–Trinajstić information content (AvgIpc) is 3.17. The van der Waals surface area contributed by atoms with Gasteiger partial charge >= 0.3 is 0 Å². The molecule has 0 N–H and O–H groups in total. The summed E-state index contributed by atoms with van der Waals surface area (Å²) in [5.41, 5.74) is 4.49. The van der Waals surface area contributed by atoms with Crippen LogP contribution >= 0.6 is 0 Å². The smallest absolute Gasteiger partial charge is 0.254 e. The molecule has 1 fully saturated rings. The van der Waals surface area contributed by atoms with Crippen molar-refractivity contribution < 1.29 is 4.79 Å². The summed E-state index contributed by atoms with van der Waals surface area (Å²) < 4.78 is 1.92. The highest BCUT2D eigenvalue weighted by atomic mass is 16.2. The van der Waals surface area contributed by atoms with Crippen LogP contribution in [0.2, 0.25) is 0 Å². The molecular formula is C23H28N4O. The van der Waals surface area contributed by atoms with Gasteiger partial charge in [0.05, 0.1) is 23.0 Å². The van der Waals surface area contributed by atoms with Crippen LogP contribution in [0, 0.1) is 6.92 Å². The lowest BCUT2D eigenvalue weighted by atomic mass is 9.99. The number of aromatic nitrogens is 3. The third-order valence-electron chi connectivity index (χ3n) is 5.69. The zero-order valence-electron chi connectivity index (χ0n) is 17.1. The first-order valence-corrected chi connectivity index (χ1v) is 10.2. The van der Waals surface area contributed by atoms with Crippen LogP contribution in [0.1, 0.15) is 62.0 Å². The maximum absolute atomic E-state index is 13.5. The van der Waals surface area contributed by atoms with Crippen LogP contribution in [0.3, 0.4) is 0 Å². The van der Waals surface area contributed by atoms with E-state index in [9.17, 15) is 4.79 Å². The normalized spacial score (nSPS) is 17.5. The number of pyridine rings is 1. The summed E-state index contributed by atoms with van der Waals surface area (Å²) in [7, 11) is 0. The van der Waals surface area contributed by atoms with Crippen LogP contribution in [-0.2, 0) is 0 Å². The van der Waals surface area contributed by atoms with Gasteiger partial charge in [0.25, 0.3) is 5.91 Å². The monoisotopic (exact) mass is 376 g/mol. The number of carbonyl (C=O) groups excluding carboxylic acids is 1. The number of aryl methyl sites for hydroxylation is 1. The molecule has 146 valence electrons. The standard InChI is InChI=1S/C23H28N4O/c1-15(2)27-14-18(13-24-27)21-12-20(19-9-8-16(3)11-22(19)25-21)23(28)26-10-6-5-7-17(26)4/h8-9,11-15,17H,5-7,10H2,1-4H3. The fourth-order valence-corrected chi connectivity index (χ4v) is 3.97. The lowest BCUT2D eigenvalue weighted by Crippen LogP contribution is -2.42. The molecule has 3 aromatic rings. The Balaban J connectivity index is 1.85. The second kappa shape index (κ2) is 7.38. The number of piperidine rings is 1. The maximum Gasteiger partial charge on any atom is 0.254 e. The van der Waals surface area contributed by atoms with Crippen LogP contribution in [0.15, 0.2) is 36.7 Å². The molecule has 2 aromatic heterocycles. The van der Waals surface area contributed by atoms with E-state index in [1.54, 1.807) is 0 Å². The van der Waals surface area contributed by atoms with Crippen molar-refractivity contribution >= 4 is 16.8 Å². The van der Waals surface area contributed by atoms with Crippen molar-refractivity contribution in [1.82, 2.24) is 19.7 Å². The van der Waals surface area contributed by atoms with Crippen molar-refractivity contribution in [1.29, 1.82) is 0 Å². The molecule has 1 aliphatic heterocycles. The number of nitrogens with zero attached hydrogens (tertiary/aromatic N) is 4. The molecule has 0 saturated carbocycles. The Morgan fingerprint density at radius 3 is 2.75 bits per heavy atom. The van der Waals surface area contributed by atoms with E-state index in [1.807, 2.05) is 34.1 Å². The van der Waals surface area contributed by atoms with E-state index in [0.717, 1.165) is 52.7 Å². The van der Waals surface area contributed by atoms with Gasteiger partial charge in [-0.1, -0.05) is 12.1 Å². The molecule has 0 bridgehead atoms. The fraction of sp³-hybridized carbons (Fsp3) is 0.435. The maximum atomic E-state index is 13.5. The first-order valence-electron chi connectivity index (χ1n) is 10.2. The first kappa shape index (κ1) is 18.7. The van der Waals surface area contributed by atoms with Crippen LogP contribution in [0.25, 0.3) is 22.2 Å². The Bertz CT molecular complexity index is 1020. The number of benzene rings is 1. The van der Waals surface area contributed by atoms with Crippen LogP contribution in [0.5, 0.6) is 0 Å². The van der Waals surface area contributed by atoms with Gasteiger partial charge in [-0.25, -0.2) is 4.98 Å². The van der Waals surface area contributed by atoms with Gasteiger partial charge in [-0.15, -0.1) is 0 Å². The van der Waals surface area contributed by atoms with Gasteiger partial charge in [0, 0.05) is 35.8 Å². The lowest BCUT2D eigenvalue weighted by molar-refractivity contribution is 0.0637. The Hall–Kier alpha value is -2.69. The molecule has 0 aliphatic carbocycles. The topological polar surface area (TPSA) is 51.0 Å². The van der Waals surface area contributed by atoms with E-state index in [-0.39, 0.29) is 18.0 Å². The third-order valence-corrected chi connectivity index (χ3v) is 5.69. The van der Waals surface area contributed by atoms with Gasteiger partial charge in [-0.2, -0.15) is 5.10 Å². The molecule has 1 aromatic carbocycles. The van der Waals surface area contributed by atoms with E-state index in [4.69, 9.17) is 4.98 Å². The van der Waals surface area contributed by atoms with Crippen LogP contribution < -0.4 is 0 Å². The highest BCUT2D eigenvalue weighted by molar-refractivity contribution is 6.07. The van der Waals surface area contributed by atoms with Crippen molar-refractivity contribution in [3.05, 3.63) is 47.8 Å². The summed E-state index contributed by atoms with van der Waals surface area (Å²) in [4.78, 5) is 20.4. The minimum atomic E-state index is 0.112. The molecule has 4 rings (SSSR count). The number of fused-ring (bicyclic) bond motifs is 1. The number of likely N-dealkylation sites (tertiary alicyclic amines) is 1. The minimum Gasteiger partial charge on any atom is -0.336 e. The number of amides is 1. The summed E-state index contributed by atoms with van der Waals surface area (Å²) in [6, 6.07) is 8.65. The summed E-state index contributed by atoms with van der Waals surface area (Å²) in [6.07, 6.45) is 7.18. The molecule has 1 aliphatic rings. The zero-order valence-corrected chi connectivity index (χ0v) is 17.1. The third kappa shape index (κ3) is 3.41. The Labute approximate surface area is 166 Å².